The molecule has 0 bridgehead atoms. The van der Waals surface area contributed by atoms with Crippen LogP contribution in [0.15, 0.2) is 115 Å². The molecule has 5 aliphatic rings. The molecule has 0 N–H and O–H groups in total. The predicted octanol–water partition coefficient (Wildman–Crippen LogP) is 9.32. The maximum atomic E-state index is 2.93. The molecule has 0 spiro atoms. The number of rotatable bonds is 1. The fraction of sp³-hybridized carbons (Fsp3) is 0.244. The first-order valence-corrected chi connectivity index (χ1v) is 18.3. The van der Waals surface area contributed by atoms with Crippen LogP contribution in [0.5, 0.6) is 0 Å². The molecule has 236 valence electrons. The smallest absolute Gasteiger partial charge is 0.269 e. The van der Waals surface area contributed by atoms with Crippen LogP contribution in [0.3, 0.4) is 0 Å². The molecule has 2 atom stereocenters. The summed E-state index contributed by atoms with van der Waals surface area (Å²) in [6.45, 7) is 10.4. The number of nitrogens with zero attached hydrogens (tertiary/aromatic N) is 3. The Morgan fingerprint density at radius 2 is 1.29 bits per heavy atom. The quantitative estimate of drug-likeness (QED) is 0.165. The second-order valence-electron chi connectivity index (χ2n) is 16.4. The lowest BCUT2D eigenvalue weighted by Crippen LogP contribution is -2.61. The van der Waals surface area contributed by atoms with Gasteiger partial charge in [0.1, 0.15) is 0 Å². The number of para-hydroxylation sites is 3. The van der Waals surface area contributed by atoms with E-state index >= 15 is 0 Å². The van der Waals surface area contributed by atoms with Gasteiger partial charge in [0.05, 0.1) is 27.8 Å². The zero-order valence-corrected chi connectivity index (χ0v) is 28.6. The third-order valence-electron chi connectivity index (χ3n) is 14.0. The number of anilines is 1. The molecule has 12 rings (SSSR count). The molecule has 7 aromatic rings. The van der Waals surface area contributed by atoms with Gasteiger partial charge >= 0.3 is 0 Å². The molecule has 2 aromatic heterocycles. The number of aromatic nitrogens is 2. The molecule has 0 saturated heterocycles. The van der Waals surface area contributed by atoms with E-state index in [0.717, 1.165) is 0 Å². The molecule has 4 heteroatoms. The Morgan fingerprint density at radius 1 is 0.612 bits per heavy atom. The molecule has 2 unspecified atom stereocenters. The summed E-state index contributed by atoms with van der Waals surface area (Å²) >= 11 is 0. The molecule has 3 aliphatic heterocycles. The highest BCUT2D eigenvalue weighted by Crippen LogP contribution is 2.65. The lowest BCUT2D eigenvalue weighted by atomic mass is 9.31. The first kappa shape index (κ1) is 26.9. The highest BCUT2D eigenvalue weighted by molar-refractivity contribution is 6.96. The minimum atomic E-state index is -0.149. The molecule has 2 aliphatic carbocycles. The summed E-state index contributed by atoms with van der Waals surface area (Å²) in [5.74, 6) is 0. The van der Waals surface area contributed by atoms with Gasteiger partial charge < -0.3 is 14.0 Å². The number of fused-ring (bicyclic) bond motifs is 15. The molecule has 0 radical (unpaired) electrons. The standard InChI is InChI=1S/C45H38BN3/c1-43(2)32-21-11-8-19-29(32)38-41(43)46-36-37-31(26-33-40(36)49(38)45(4)25-15-14-24-44(33,45)3)28-18-9-12-22-34(28)48(37)39-30-20-10-13-23-35(30)47(42(39)46)27-16-6-5-7-17-27/h5-13,16-23,26H,14-15,24-25H2,1-4H3. The van der Waals surface area contributed by atoms with Crippen LogP contribution in [-0.4, -0.2) is 21.4 Å². The van der Waals surface area contributed by atoms with Crippen LogP contribution in [-0.2, 0) is 10.8 Å². The first-order valence-electron chi connectivity index (χ1n) is 18.3. The van der Waals surface area contributed by atoms with Crippen molar-refractivity contribution in [2.75, 3.05) is 4.90 Å². The van der Waals surface area contributed by atoms with E-state index in [4.69, 9.17) is 0 Å². The fourth-order valence-electron chi connectivity index (χ4n) is 11.8. The average Bonchev–Trinajstić information content (AvgIpc) is 3.78. The van der Waals surface area contributed by atoms with Gasteiger partial charge in [0.2, 0.25) is 0 Å². The van der Waals surface area contributed by atoms with Crippen molar-refractivity contribution in [3.63, 3.8) is 0 Å². The van der Waals surface area contributed by atoms with Crippen LogP contribution in [0, 0.1) is 0 Å². The Morgan fingerprint density at radius 3 is 2.10 bits per heavy atom. The largest absolute Gasteiger partial charge is 0.335 e. The second kappa shape index (κ2) is 8.42. The van der Waals surface area contributed by atoms with Gasteiger partial charge in [-0.2, -0.15) is 0 Å². The fourth-order valence-corrected chi connectivity index (χ4v) is 11.8. The van der Waals surface area contributed by atoms with Crippen molar-refractivity contribution in [1.29, 1.82) is 0 Å². The molecular formula is C45H38BN3. The monoisotopic (exact) mass is 631 g/mol. The van der Waals surface area contributed by atoms with E-state index in [2.05, 4.69) is 151 Å². The van der Waals surface area contributed by atoms with Crippen molar-refractivity contribution in [3.8, 4) is 11.4 Å². The number of benzene rings is 5. The highest BCUT2D eigenvalue weighted by atomic mass is 15.3. The van der Waals surface area contributed by atoms with E-state index < -0.39 is 0 Å². The van der Waals surface area contributed by atoms with Crippen molar-refractivity contribution < 1.29 is 0 Å². The van der Waals surface area contributed by atoms with Crippen LogP contribution in [0.4, 0.5) is 5.69 Å². The van der Waals surface area contributed by atoms with E-state index in [1.54, 1.807) is 11.0 Å². The minimum absolute atomic E-state index is 0.00494. The Hall–Kier alpha value is -4.96. The van der Waals surface area contributed by atoms with Gasteiger partial charge in [-0.3, -0.25) is 0 Å². The van der Waals surface area contributed by atoms with Crippen molar-refractivity contribution in [2.24, 2.45) is 0 Å². The maximum Gasteiger partial charge on any atom is 0.269 e. The molecule has 5 aromatic carbocycles. The molecule has 1 fully saturated rings. The van der Waals surface area contributed by atoms with E-state index in [9.17, 15) is 0 Å². The van der Waals surface area contributed by atoms with Gasteiger partial charge in [-0.05, 0) is 66.7 Å². The Balaban J connectivity index is 1.38. The second-order valence-corrected chi connectivity index (χ2v) is 16.4. The summed E-state index contributed by atoms with van der Waals surface area (Å²) in [5, 5.41) is 4.11. The molecule has 49 heavy (non-hydrogen) atoms. The summed E-state index contributed by atoms with van der Waals surface area (Å²) in [5.41, 5.74) is 18.5. The van der Waals surface area contributed by atoms with Crippen molar-refractivity contribution in [1.82, 2.24) is 9.13 Å². The van der Waals surface area contributed by atoms with Crippen LogP contribution >= 0.6 is 0 Å². The van der Waals surface area contributed by atoms with Gasteiger partial charge in [-0.1, -0.05) is 118 Å². The zero-order chi connectivity index (χ0) is 32.6. The number of hydrogen-bond acceptors (Lipinski definition) is 1. The molecule has 1 saturated carbocycles. The normalized spacial score (nSPS) is 23.8. The summed E-state index contributed by atoms with van der Waals surface area (Å²) in [4.78, 5) is 2.93. The van der Waals surface area contributed by atoms with Gasteiger partial charge in [0, 0.05) is 55.2 Å². The van der Waals surface area contributed by atoms with Crippen LogP contribution in [0.1, 0.15) is 70.1 Å². The number of allylic oxidation sites excluding steroid dienone is 1. The summed E-state index contributed by atoms with van der Waals surface area (Å²) in [6.07, 6.45) is 5.01. The zero-order valence-electron chi connectivity index (χ0n) is 28.6. The van der Waals surface area contributed by atoms with Gasteiger partial charge in [0.15, 0.2) is 0 Å². The van der Waals surface area contributed by atoms with Gasteiger partial charge in [0.25, 0.3) is 6.71 Å². The lowest BCUT2D eigenvalue weighted by molar-refractivity contribution is 0.195. The average molecular weight is 632 g/mol. The molecule has 5 heterocycles. The first-order chi connectivity index (χ1) is 23.9. The third kappa shape index (κ3) is 2.76. The van der Waals surface area contributed by atoms with Crippen LogP contribution in [0.2, 0.25) is 0 Å². The van der Waals surface area contributed by atoms with E-state index in [-0.39, 0.29) is 23.1 Å². The van der Waals surface area contributed by atoms with E-state index in [0.29, 0.717) is 0 Å². The van der Waals surface area contributed by atoms with Crippen molar-refractivity contribution in [3.05, 3.63) is 131 Å². The predicted molar refractivity (Wildman–Crippen MR) is 206 cm³/mol. The summed E-state index contributed by atoms with van der Waals surface area (Å²) < 4.78 is 5.31. The van der Waals surface area contributed by atoms with E-state index in [1.807, 2.05) is 0 Å². The van der Waals surface area contributed by atoms with Gasteiger partial charge in [-0.25, -0.2) is 0 Å². The van der Waals surface area contributed by atoms with Crippen molar-refractivity contribution >= 4 is 61.9 Å². The third-order valence-corrected chi connectivity index (χ3v) is 14.0. The minimum Gasteiger partial charge on any atom is -0.335 e. The lowest BCUT2D eigenvalue weighted by Gasteiger charge is -2.52. The molecule has 3 nitrogen and oxygen atoms in total. The Kier molecular flexibility index (Phi) is 4.63. The highest BCUT2D eigenvalue weighted by Gasteiger charge is 2.64. The Labute approximate surface area is 287 Å². The van der Waals surface area contributed by atoms with Gasteiger partial charge in [-0.15, -0.1) is 0 Å². The van der Waals surface area contributed by atoms with Crippen LogP contribution < -0.4 is 16.0 Å². The maximum absolute atomic E-state index is 2.93. The van der Waals surface area contributed by atoms with E-state index in [1.165, 1.54) is 103 Å². The summed E-state index contributed by atoms with van der Waals surface area (Å²) in [7, 11) is 0. The van der Waals surface area contributed by atoms with Crippen molar-refractivity contribution in [2.45, 2.75) is 69.7 Å². The van der Waals surface area contributed by atoms with Crippen LogP contribution in [0.25, 0.3) is 49.8 Å². The molecule has 0 amide bonds. The number of hydrogen-bond donors (Lipinski definition) is 0. The Bertz CT molecular complexity index is 2690. The topological polar surface area (TPSA) is 13.1 Å². The summed E-state index contributed by atoms with van der Waals surface area (Å²) in [6, 6.07) is 41.5. The SMILES string of the molecule is CC1(C)C2=C(c3ccccc31)N1c3c(cc4c5ccccc5n5c4c3B2c2c-5c3ccccc3n2-c2ccccc2)C2(C)CCCCC12C. The molecular weight excluding hydrogens is 593 g/mol.